The van der Waals surface area contributed by atoms with Crippen LogP contribution >= 0.6 is 23.8 Å². The van der Waals surface area contributed by atoms with Gasteiger partial charge in [0.15, 0.2) is 16.6 Å². The zero-order valence-electron chi connectivity index (χ0n) is 21.0. The molecule has 1 N–H and O–H groups in total. The van der Waals surface area contributed by atoms with Gasteiger partial charge in [-0.2, -0.15) is 0 Å². The van der Waals surface area contributed by atoms with Crippen LogP contribution in [0.5, 0.6) is 11.5 Å². The number of nitrogens with one attached hydrogen (secondary N) is 1. The standard InChI is InChI=1S/C26H32ClN7O2S/c1-35-22-15-20-21(16-23(22)36-14-13-32-7-3-2-4-8-32)29-18-30-25(20)33-9-11-34(12-10-33)26(37)31-19-5-6-24(27)28-17-19/h5-6,15-18H,2-4,7-14H2,1H3,(H,31,37). The molecule has 1 aromatic carbocycles. The summed E-state index contributed by atoms with van der Waals surface area (Å²) in [6.07, 6.45) is 7.17. The molecule has 0 radical (unpaired) electrons. The van der Waals surface area contributed by atoms with Crippen LogP contribution in [0.25, 0.3) is 10.9 Å². The van der Waals surface area contributed by atoms with E-state index in [0.717, 1.165) is 74.0 Å². The van der Waals surface area contributed by atoms with E-state index in [0.29, 0.717) is 22.6 Å². The van der Waals surface area contributed by atoms with Gasteiger partial charge in [-0.15, -0.1) is 0 Å². The van der Waals surface area contributed by atoms with Crippen LogP contribution in [0.15, 0.2) is 36.8 Å². The zero-order chi connectivity index (χ0) is 25.6. The van der Waals surface area contributed by atoms with Crippen molar-refractivity contribution in [1.82, 2.24) is 24.8 Å². The smallest absolute Gasteiger partial charge is 0.173 e. The molecule has 11 heteroatoms. The minimum atomic E-state index is 0.454. The topological polar surface area (TPSA) is 78.9 Å². The van der Waals surface area contributed by atoms with Gasteiger partial charge in [0, 0.05) is 44.2 Å². The van der Waals surface area contributed by atoms with Gasteiger partial charge < -0.3 is 24.6 Å². The number of halogens is 1. The molecule has 5 rings (SSSR count). The zero-order valence-corrected chi connectivity index (χ0v) is 22.6. The number of piperidine rings is 1. The Balaban J connectivity index is 1.23. The number of hydrogen-bond donors (Lipinski definition) is 1. The third kappa shape index (κ3) is 6.31. The van der Waals surface area contributed by atoms with Crippen LogP contribution < -0.4 is 19.7 Å². The van der Waals surface area contributed by atoms with E-state index in [4.69, 9.17) is 33.3 Å². The summed E-state index contributed by atoms with van der Waals surface area (Å²) < 4.78 is 11.8. The fourth-order valence-corrected chi connectivity index (χ4v) is 5.23. The van der Waals surface area contributed by atoms with Crippen LogP contribution in [0.2, 0.25) is 5.15 Å². The molecule has 2 aromatic heterocycles. The summed E-state index contributed by atoms with van der Waals surface area (Å²) in [7, 11) is 1.67. The van der Waals surface area contributed by atoms with Gasteiger partial charge in [-0.25, -0.2) is 15.0 Å². The first-order valence-corrected chi connectivity index (χ1v) is 13.5. The number of piperazine rings is 1. The van der Waals surface area contributed by atoms with Gasteiger partial charge in [0.05, 0.1) is 24.5 Å². The number of anilines is 2. The molecule has 2 fully saturated rings. The van der Waals surface area contributed by atoms with Crippen molar-refractivity contribution in [3.05, 3.63) is 41.9 Å². The second-order valence-corrected chi connectivity index (χ2v) is 10.0. The molecule has 0 amide bonds. The Morgan fingerprint density at radius 2 is 1.81 bits per heavy atom. The van der Waals surface area contributed by atoms with E-state index in [1.54, 1.807) is 25.7 Å². The van der Waals surface area contributed by atoms with Crippen LogP contribution in [-0.2, 0) is 0 Å². The quantitative estimate of drug-likeness (QED) is 0.349. The van der Waals surface area contributed by atoms with Crippen LogP contribution in [0, 0.1) is 0 Å². The number of rotatable bonds is 7. The second-order valence-electron chi connectivity index (χ2n) is 9.24. The monoisotopic (exact) mass is 541 g/mol. The van der Waals surface area contributed by atoms with Gasteiger partial charge in [0.2, 0.25) is 0 Å². The Kier molecular flexibility index (Phi) is 8.38. The molecule has 196 valence electrons. The van der Waals surface area contributed by atoms with Crippen LogP contribution in [0.3, 0.4) is 0 Å². The van der Waals surface area contributed by atoms with Gasteiger partial charge in [-0.1, -0.05) is 18.0 Å². The first-order chi connectivity index (χ1) is 18.1. The third-order valence-corrected chi connectivity index (χ3v) is 7.44. The number of hydrogen-bond acceptors (Lipinski definition) is 8. The van der Waals surface area contributed by atoms with Gasteiger partial charge in [-0.05, 0) is 56.3 Å². The summed E-state index contributed by atoms with van der Waals surface area (Å²) >= 11 is 11.5. The van der Waals surface area contributed by atoms with Crippen molar-refractivity contribution >= 4 is 51.3 Å². The van der Waals surface area contributed by atoms with E-state index in [9.17, 15) is 0 Å². The maximum atomic E-state index is 6.14. The lowest BCUT2D eigenvalue weighted by Crippen LogP contribution is -2.50. The minimum Gasteiger partial charge on any atom is -0.493 e. The number of likely N-dealkylation sites (tertiary alicyclic amines) is 1. The van der Waals surface area contributed by atoms with Gasteiger partial charge in [-0.3, -0.25) is 4.90 Å². The van der Waals surface area contributed by atoms with Crippen molar-refractivity contribution in [1.29, 1.82) is 0 Å². The molecule has 9 nitrogen and oxygen atoms in total. The SMILES string of the molecule is COc1cc2c(N3CCN(C(=S)Nc4ccc(Cl)nc4)CC3)ncnc2cc1OCCN1CCCCC1. The van der Waals surface area contributed by atoms with Crippen molar-refractivity contribution in [2.24, 2.45) is 0 Å². The molecule has 0 atom stereocenters. The Hall–Kier alpha value is -2.95. The molecule has 2 aliphatic rings. The van der Waals surface area contributed by atoms with Gasteiger partial charge in [0.25, 0.3) is 0 Å². The molecule has 0 saturated carbocycles. The number of aromatic nitrogens is 3. The van der Waals surface area contributed by atoms with E-state index >= 15 is 0 Å². The number of benzene rings is 1. The predicted molar refractivity (Wildman–Crippen MR) is 151 cm³/mol. The highest BCUT2D eigenvalue weighted by Crippen LogP contribution is 2.35. The Morgan fingerprint density at radius 3 is 2.54 bits per heavy atom. The van der Waals surface area contributed by atoms with E-state index in [2.05, 4.69) is 35.0 Å². The maximum Gasteiger partial charge on any atom is 0.173 e. The Morgan fingerprint density at radius 1 is 1.00 bits per heavy atom. The third-order valence-electron chi connectivity index (χ3n) is 6.86. The molecule has 2 aliphatic heterocycles. The summed E-state index contributed by atoms with van der Waals surface area (Å²) in [5.74, 6) is 2.31. The summed E-state index contributed by atoms with van der Waals surface area (Å²) in [5, 5.41) is 5.31. The summed E-state index contributed by atoms with van der Waals surface area (Å²) in [6.45, 7) is 6.96. The molecular weight excluding hydrogens is 510 g/mol. The van der Waals surface area contributed by atoms with Crippen LogP contribution in [-0.4, -0.2) is 89.4 Å². The minimum absolute atomic E-state index is 0.454. The highest BCUT2D eigenvalue weighted by Gasteiger charge is 2.23. The number of ether oxygens (including phenoxy) is 2. The lowest BCUT2D eigenvalue weighted by atomic mass is 10.1. The van der Waals surface area contributed by atoms with Crippen molar-refractivity contribution in [3.63, 3.8) is 0 Å². The number of methoxy groups -OCH3 is 1. The molecule has 0 bridgehead atoms. The first-order valence-electron chi connectivity index (χ1n) is 12.7. The van der Waals surface area contributed by atoms with E-state index in [-0.39, 0.29) is 0 Å². The largest absolute Gasteiger partial charge is 0.493 e. The summed E-state index contributed by atoms with van der Waals surface area (Å²) in [4.78, 5) is 20.1. The number of pyridine rings is 1. The van der Waals surface area contributed by atoms with E-state index in [1.165, 1.54) is 19.3 Å². The molecule has 4 heterocycles. The summed E-state index contributed by atoms with van der Waals surface area (Å²) in [5.41, 5.74) is 1.66. The lowest BCUT2D eigenvalue weighted by Gasteiger charge is -2.37. The fourth-order valence-electron chi connectivity index (χ4n) is 4.82. The first kappa shape index (κ1) is 25.7. The second kappa shape index (κ2) is 12.1. The van der Waals surface area contributed by atoms with Gasteiger partial charge in [0.1, 0.15) is 23.9 Å². The highest BCUT2D eigenvalue weighted by molar-refractivity contribution is 7.80. The lowest BCUT2D eigenvalue weighted by molar-refractivity contribution is 0.181. The van der Waals surface area contributed by atoms with Crippen molar-refractivity contribution in [3.8, 4) is 11.5 Å². The van der Waals surface area contributed by atoms with E-state index in [1.807, 2.05) is 18.2 Å². The molecule has 37 heavy (non-hydrogen) atoms. The number of nitrogens with zero attached hydrogens (tertiary/aromatic N) is 6. The highest BCUT2D eigenvalue weighted by atomic mass is 35.5. The molecule has 0 aliphatic carbocycles. The van der Waals surface area contributed by atoms with Crippen LogP contribution in [0.1, 0.15) is 19.3 Å². The van der Waals surface area contributed by atoms with Crippen LogP contribution in [0.4, 0.5) is 11.5 Å². The number of fused-ring (bicyclic) bond motifs is 1. The van der Waals surface area contributed by atoms with E-state index < -0.39 is 0 Å². The Bertz CT molecular complexity index is 1220. The maximum absolute atomic E-state index is 6.14. The molecule has 2 saturated heterocycles. The Labute approximate surface area is 227 Å². The van der Waals surface area contributed by atoms with Gasteiger partial charge >= 0.3 is 0 Å². The average molecular weight is 542 g/mol. The average Bonchev–Trinajstić information content (AvgIpc) is 2.94. The predicted octanol–water partition coefficient (Wildman–Crippen LogP) is 4.07. The van der Waals surface area contributed by atoms with Crippen molar-refractivity contribution < 1.29 is 9.47 Å². The molecule has 0 spiro atoms. The van der Waals surface area contributed by atoms with Crippen molar-refractivity contribution in [2.75, 3.05) is 69.7 Å². The van der Waals surface area contributed by atoms with Crippen molar-refractivity contribution in [2.45, 2.75) is 19.3 Å². The number of thiocarbonyl (C=S) groups is 1. The normalized spacial score (nSPS) is 16.6. The fraction of sp³-hybridized carbons (Fsp3) is 0.462. The summed E-state index contributed by atoms with van der Waals surface area (Å²) in [6, 6.07) is 7.56. The molecular formula is C26H32ClN7O2S. The molecule has 3 aromatic rings. The molecule has 0 unspecified atom stereocenters.